The molecule has 0 aromatic heterocycles. The minimum atomic E-state index is -0.403. The highest BCUT2D eigenvalue weighted by Crippen LogP contribution is 2.36. The van der Waals surface area contributed by atoms with Crippen molar-refractivity contribution in [1.29, 1.82) is 0 Å². The molecule has 2 unspecified atom stereocenters. The predicted octanol–water partition coefficient (Wildman–Crippen LogP) is 3.19. The van der Waals surface area contributed by atoms with E-state index in [0.29, 0.717) is 28.1 Å². The van der Waals surface area contributed by atoms with E-state index in [4.69, 9.17) is 22.1 Å². The fraction of sp³-hybridized carbons (Fsp3) is 0.533. The fourth-order valence-corrected chi connectivity index (χ4v) is 3.40. The van der Waals surface area contributed by atoms with Crippen molar-refractivity contribution in [2.75, 3.05) is 30.8 Å². The first-order valence-corrected chi connectivity index (χ1v) is 7.22. The number of rotatable bonds is 2. The van der Waals surface area contributed by atoms with Crippen molar-refractivity contribution >= 4 is 28.9 Å². The number of carbonyl (C=O) groups excluding carboxylic acids is 1. The first-order chi connectivity index (χ1) is 9.42. The SMILES string of the molecule is COC(=O)c1cc(N)cc(Cl)c1N1CC(C)CC(C)C1. The van der Waals surface area contributed by atoms with Crippen LogP contribution in [0, 0.1) is 11.8 Å². The summed E-state index contributed by atoms with van der Waals surface area (Å²) in [5.74, 6) is 0.732. The highest BCUT2D eigenvalue weighted by Gasteiger charge is 2.27. The van der Waals surface area contributed by atoms with Crippen molar-refractivity contribution < 1.29 is 9.53 Å². The molecule has 1 heterocycles. The van der Waals surface area contributed by atoms with Crippen molar-refractivity contribution in [3.63, 3.8) is 0 Å². The number of esters is 1. The van der Waals surface area contributed by atoms with Crippen LogP contribution < -0.4 is 10.6 Å². The van der Waals surface area contributed by atoms with E-state index < -0.39 is 5.97 Å². The average molecular weight is 297 g/mol. The van der Waals surface area contributed by atoms with Gasteiger partial charge >= 0.3 is 5.97 Å². The molecule has 0 bridgehead atoms. The van der Waals surface area contributed by atoms with E-state index in [2.05, 4.69) is 18.7 Å². The van der Waals surface area contributed by atoms with Gasteiger partial charge in [0.25, 0.3) is 0 Å². The van der Waals surface area contributed by atoms with Crippen molar-refractivity contribution in [1.82, 2.24) is 0 Å². The maximum Gasteiger partial charge on any atom is 0.340 e. The number of nitrogens with two attached hydrogens (primary N) is 1. The molecule has 2 rings (SSSR count). The Kier molecular flexibility index (Phi) is 4.43. The molecule has 1 fully saturated rings. The molecule has 1 aliphatic heterocycles. The number of benzene rings is 1. The van der Waals surface area contributed by atoms with Crippen LogP contribution in [-0.4, -0.2) is 26.2 Å². The number of hydrogen-bond acceptors (Lipinski definition) is 4. The third kappa shape index (κ3) is 3.01. The minimum absolute atomic E-state index is 0.403. The minimum Gasteiger partial charge on any atom is -0.465 e. The maximum absolute atomic E-state index is 12.0. The summed E-state index contributed by atoms with van der Waals surface area (Å²) in [6, 6.07) is 3.32. The van der Waals surface area contributed by atoms with Crippen LogP contribution in [-0.2, 0) is 4.74 Å². The number of methoxy groups -OCH3 is 1. The lowest BCUT2D eigenvalue weighted by atomic mass is 9.91. The Morgan fingerprint density at radius 2 is 1.95 bits per heavy atom. The number of hydrogen-bond donors (Lipinski definition) is 1. The summed E-state index contributed by atoms with van der Waals surface area (Å²) >= 11 is 6.34. The first kappa shape index (κ1) is 15.0. The van der Waals surface area contributed by atoms with Gasteiger partial charge in [-0.1, -0.05) is 25.4 Å². The van der Waals surface area contributed by atoms with E-state index >= 15 is 0 Å². The van der Waals surface area contributed by atoms with E-state index in [1.807, 2.05) is 0 Å². The Morgan fingerprint density at radius 3 is 2.50 bits per heavy atom. The zero-order valence-electron chi connectivity index (χ0n) is 12.1. The van der Waals surface area contributed by atoms with Crippen molar-refractivity contribution in [2.24, 2.45) is 11.8 Å². The molecule has 0 amide bonds. The summed E-state index contributed by atoms with van der Waals surface area (Å²) in [5.41, 5.74) is 7.45. The smallest absolute Gasteiger partial charge is 0.340 e. The molecule has 0 radical (unpaired) electrons. The largest absolute Gasteiger partial charge is 0.465 e. The lowest BCUT2D eigenvalue weighted by Crippen LogP contribution is -2.39. The number of nitrogen functional groups attached to an aromatic ring is 1. The summed E-state index contributed by atoms with van der Waals surface area (Å²) in [5, 5.41) is 0.506. The second kappa shape index (κ2) is 5.92. The highest BCUT2D eigenvalue weighted by atomic mass is 35.5. The van der Waals surface area contributed by atoms with E-state index in [-0.39, 0.29) is 0 Å². The van der Waals surface area contributed by atoms with Crippen LogP contribution in [0.2, 0.25) is 5.02 Å². The first-order valence-electron chi connectivity index (χ1n) is 6.84. The third-order valence-corrected chi connectivity index (χ3v) is 3.96. The molecule has 1 aromatic carbocycles. The lowest BCUT2D eigenvalue weighted by Gasteiger charge is -2.37. The molecule has 110 valence electrons. The summed E-state index contributed by atoms with van der Waals surface area (Å²) in [4.78, 5) is 14.2. The fourth-order valence-electron chi connectivity index (χ4n) is 3.05. The van der Waals surface area contributed by atoms with Gasteiger partial charge in [-0.2, -0.15) is 0 Å². The lowest BCUT2D eigenvalue weighted by molar-refractivity contribution is 0.0601. The normalized spacial score (nSPS) is 22.7. The van der Waals surface area contributed by atoms with Gasteiger partial charge in [0.15, 0.2) is 0 Å². The molecule has 20 heavy (non-hydrogen) atoms. The number of ether oxygens (including phenoxy) is 1. The van der Waals surface area contributed by atoms with Crippen LogP contribution >= 0.6 is 11.6 Å². The molecule has 0 spiro atoms. The molecule has 2 atom stereocenters. The van der Waals surface area contributed by atoms with Crippen LogP contribution in [0.4, 0.5) is 11.4 Å². The standard InChI is InChI=1S/C15H21ClN2O2/c1-9-4-10(2)8-18(7-9)14-12(15(19)20-3)5-11(17)6-13(14)16/h5-6,9-10H,4,7-8,17H2,1-3H3. The maximum atomic E-state index is 12.0. The number of carbonyl (C=O) groups is 1. The van der Waals surface area contributed by atoms with Crippen LogP contribution in [0.15, 0.2) is 12.1 Å². The van der Waals surface area contributed by atoms with Gasteiger partial charge in [0.1, 0.15) is 0 Å². The van der Waals surface area contributed by atoms with Gasteiger partial charge in [-0.05, 0) is 30.4 Å². The average Bonchev–Trinajstić information content (AvgIpc) is 2.35. The van der Waals surface area contributed by atoms with Crippen molar-refractivity contribution in [3.05, 3.63) is 22.7 Å². The Balaban J connectivity index is 2.46. The van der Waals surface area contributed by atoms with Gasteiger partial charge in [0.2, 0.25) is 0 Å². The van der Waals surface area contributed by atoms with Crippen LogP contribution in [0.5, 0.6) is 0 Å². The van der Waals surface area contributed by atoms with E-state index in [1.165, 1.54) is 13.5 Å². The van der Waals surface area contributed by atoms with E-state index in [9.17, 15) is 4.79 Å². The zero-order chi connectivity index (χ0) is 14.9. The molecule has 1 saturated heterocycles. The van der Waals surface area contributed by atoms with Gasteiger partial charge in [0.05, 0.1) is 23.4 Å². The van der Waals surface area contributed by atoms with Crippen molar-refractivity contribution in [2.45, 2.75) is 20.3 Å². The van der Waals surface area contributed by atoms with Crippen LogP contribution in [0.1, 0.15) is 30.6 Å². The monoisotopic (exact) mass is 296 g/mol. The van der Waals surface area contributed by atoms with Crippen molar-refractivity contribution in [3.8, 4) is 0 Å². The number of halogens is 1. The van der Waals surface area contributed by atoms with Gasteiger partial charge in [-0.25, -0.2) is 4.79 Å². The van der Waals surface area contributed by atoms with Crippen LogP contribution in [0.25, 0.3) is 0 Å². The third-order valence-electron chi connectivity index (χ3n) is 3.68. The molecule has 1 aliphatic rings. The quantitative estimate of drug-likeness (QED) is 0.672. The predicted molar refractivity (Wildman–Crippen MR) is 82.4 cm³/mol. The number of nitrogens with zero attached hydrogens (tertiary/aromatic N) is 1. The topological polar surface area (TPSA) is 55.6 Å². The molecule has 2 N–H and O–H groups in total. The summed E-state index contributed by atoms with van der Waals surface area (Å²) in [6.07, 6.45) is 1.19. The molecule has 0 saturated carbocycles. The molecule has 0 aliphatic carbocycles. The molecule has 5 heteroatoms. The second-order valence-corrected chi connectivity index (χ2v) is 6.15. The summed E-state index contributed by atoms with van der Waals surface area (Å²) in [7, 11) is 1.37. The highest BCUT2D eigenvalue weighted by molar-refractivity contribution is 6.34. The Morgan fingerprint density at radius 1 is 1.35 bits per heavy atom. The van der Waals surface area contributed by atoms with Crippen LogP contribution in [0.3, 0.4) is 0 Å². The molecular formula is C15H21ClN2O2. The summed E-state index contributed by atoms with van der Waals surface area (Å²) in [6.45, 7) is 6.20. The van der Waals surface area contributed by atoms with E-state index in [0.717, 1.165) is 18.8 Å². The van der Waals surface area contributed by atoms with Gasteiger partial charge in [-0.15, -0.1) is 0 Å². The Bertz CT molecular complexity index is 509. The van der Waals surface area contributed by atoms with Gasteiger partial charge in [-0.3, -0.25) is 0 Å². The number of piperidine rings is 1. The summed E-state index contributed by atoms with van der Waals surface area (Å²) < 4.78 is 4.85. The zero-order valence-corrected chi connectivity index (χ0v) is 12.9. The Labute approximate surface area is 124 Å². The number of anilines is 2. The second-order valence-electron chi connectivity index (χ2n) is 5.74. The van der Waals surface area contributed by atoms with E-state index in [1.54, 1.807) is 12.1 Å². The Hall–Kier alpha value is -1.42. The molecule has 4 nitrogen and oxygen atoms in total. The van der Waals surface area contributed by atoms with Gasteiger partial charge in [0, 0.05) is 18.8 Å². The molecule has 1 aromatic rings. The van der Waals surface area contributed by atoms with Gasteiger partial charge < -0.3 is 15.4 Å². The molecular weight excluding hydrogens is 276 g/mol.